The van der Waals surface area contributed by atoms with Crippen LogP contribution in [0.4, 0.5) is 0 Å². The molecule has 0 N–H and O–H groups in total. The highest BCUT2D eigenvalue weighted by Gasteiger charge is 2.34. The summed E-state index contributed by atoms with van der Waals surface area (Å²) in [5.41, 5.74) is 4.81. The molecule has 5 nitrogen and oxygen atoms in total. The van der Waals surface area contributed by atoms with Crippen molar-refractivity contribution >= 4 is 21.8 Å². The first-order valence-electron chi connectivity index (χ1n) is 12.0. The molecule has 1 saturated carbocycles. The molecule has 1 atom stereocenters. The zero-order valence-corrected chi connectivity index (χ0v) is 19.8. The van der Waals surface area contributed by atoms with Crippen LogP contribution in [0.3, 0.4) is 0 Å². The fourth-order valence-corrected chi connectivity index (χ4v) is 6.85. The zero-order chi connectivity index (χ0) is 22.8. The van der Waals surface area contributed by atoms with E-state index in [2.05, 4.69) is 23.1 Å². The van der Waals surface area contributed by atoms with E-state index in [1.54, 1.807) is 11.0 Å². The van der Waals surface area contributed by atoms with Crippen LogP contribution in [0.2, 0.25) is 0 Å². The number of amides is 1. The summed E-state index contributed by atoms with van der Waals surface area (Å²) < 4.78 is 24.2. The van der Waals surface area contributed by atoms with Crippen molar-refractivity contribution in [1.29, 1.82) is 0 Å². The van der Waals surface area contributed by atoms with E-state index in [-0.39, 0.29) is 23.5 Å². The van der Waals surface area contributed by atoms with Gasteiger partial charge in [-0.05, 0) is 59.9 Å². The topological polar surface area (TPSA) is 57.7 Å². The van der Waals surface area contributed by atoms with Crippen molar-refractivity contribution < 1.29 is 13.2 Å². The van der Waals surface area contributed by atoms with Gasteiger partial charge in [-0.2, -0.15) is 0 Å². The van der Waals surface area contributed by atoms with Crippen molar-refractivity contribution in [3.8, 4) is 0 Å². The van der Waals surface area contributed by atoms with Crippen LogP contribution in [0.15, 0.2) is 54.6 Å². The van der Waals surface area contributed by atoms with Gasteiger partial charge in [-0.3, -0.25) is 9.69 Å². The van der Waals surface area contributed by atoms with Gasteiger partial charge in [0.25, 0.3) is 0 Å². The van der Waals surface area contributed by atoms with E-state index in [0.29, 0.717) is 13.0 Å². The summed E-state index contributed by atoms with van der Waals surface area (Å²) in [6.07, 6.45) is 7.82. The number of nitrogens with zero attached hydrogens (tertiary/aromatic N) is 2. The predicted octanol–water partition coefficient (Wildman–Crippen LogP) is 3.68. The second-order valence-electron chi connectivity index (χ2n) is 9.76. The Hall–Kier alpha value is -2.44. The molecule has 1 amide bonds. The van der Waals surface area contributed by atoms with Gasteiger partial charge in [-0.15, -0.1) is 0 Å². The number of hydrogen-bond donors (Lipinski definition) is 0. The zero-order valence-electron chi connectivity index (χ0n) is 19.0. The smallest absolute Gasteiger partial charge is 0.247 e. The van der Waals surface area contributed by atoms with Crippen molar-refractivity contribution in [1.82, 2.24) is 9.80 Å². The van der Waals surface area contributed by atoms with Gasteiger partial charge in [-0.25, -0.2) is 8.42 Å². The Morgan fingerprint density at radius 2 is 1.88 bits per heavy atom. The lowest BCUT2D eigenvalue weighted by atomic mass is 9.94. The molecule has 0 bridgehead atoms. The summed E-state index contributed by atoms with van der Waals surface area (Å²) >= 11 is 0. The first-order chi connectivity index (χ1) is 16.0. The van der Waals surface area contributed by atoms with Crippen molar-refractivity contribution in [3.05, 3.63) is 76.9 Å². The third-order valence-corrected chi connectivity index (χ3v) is 8.88. The molecule has 2 heterocycles. The molecule has 0 spiro atoms. The summed E-state index contributed by atoms with van der Waals surface area (Å²) in [6, 6.07) is 15.9. The summed E-state index contributed by atoms with van der Waals surface area (Å²) in [7, 11) is -3.08. The molecule has 174 valence electrons. The molecule has 0 radical (unpaired) electrons. The lowest BCUT2D eigenvalue weighted by Gasteiger charge is -2.30. The van der Waals surface area contributed by atoms with Gasteiger partial charge in [0.1, 0.15) is 0 Å². The number of benzene rings is 2. The number of hydrogen-bond acceptors (Lipinski definition) is 4. The van der Waals surface area contributed by atoms with Crippen molar-refractivity contribution in [2.75, 3.05) is 24.6 Å². The van der Waals surface area contributed by atoms with Gasteiger partial charge in [0, 0.05) is 38.3 Å². The van der Waals surface area contributed by atoms with Gasteiger partial charge < -0.3 is 4.90 Å². The van der Waals surface area contributed by atoms with Gasteiger partial charge in [0.2, 0.25) is 5.91 Å². The highest BCUT2D eigenvalue weighted by atomic mass is 32.2. The van der Waals surface area contributed by atoms with Crippen LogP contribution in [0.25, 0.3) is 6.08 Å². The monoisotopic (exact) mass is 464 g/mol. The molecule has 2 fully saturated rings. The normalized spacial score (nSPS) is 22.4. The average Bonchev–Trinajstić information content (AvgIpc) is 3.56. The fourth-order valence-electron chi connectivity index (χ4n) is 5.12. The van der Waals surface area contributed by atoms with Crippen LogP contribution in [-0.4, -0.2) is 54.8 Å². The minimum atomic E-state index is -3.08. The van der Waals surface area contributed by atoms with Crippen molar-refractivity contribution in [2.24, 2.45) is 5.92 Å². The predicted molar refractivity (Wildman–Crippen MR) is 131 cm³/mol. The summed E-state index contributed by atoms with van der Waals surface area (Å²) in [4.78, 5) is 17.6. The Morgan fingerprint density at radius 3 is 2.61 bits per heavy atom. The first kappa shape index (κ1) is 22.4. The van der Waals surface area contributed by atoms with Crippen LogP contribution in [0.5, 0.6) is 0 Å². The lowest BCUT2D eigenvalue weighted by molar-refractivity contribution is -0.128. The van der Waals surface area contributed by atoms with Crippen LogP contribution in [0, 0.1) is 5.92 Å². The molecule has 6 heteroatoms. The molecule has 5 rings (SSSR count). The molecule has 2 aromatic carbocycles. The highest BCUT2D eigenvalue weighted by molar-refractivity contribution is 7.91. The first-order valence-corrected chi connectivity index (χ1v) is 13.9. The maximum Gasteiger partial charge on any atom is 0.247 e. The molecule has 1 saturated heterocycles. The van der Waals surface area contributed by atoms with E-state index in [4.69, 9.17) is 0 Å². The maximum absolute atomic E-state index is 13.3. The number of sulfone groups is 1. The Bertz CT molecular complexity index is 1140. The molecular formula is C27H32N2O3S. The molecule has 33 heavy (non-hydrogen) atoms. The second kappa shape index (κ2) is 9.43. The Morgan fingerprint density at radius 1 is 1.06 bits per heavy atom. The largest absolute Gasteiger partial charge is 0.331 e. The Balaban J connectivity index is 1.33. The summed E-state index contributed by atoms with van der Waals surface area (Å²) in [5, 5.41) is 0. The molecule has 1 aliphatic carbocycles. The fraction of sp³-hybridized carbons (Fsp3) is 0.444. The van der Waals surface area contributed by atoms with Crippen LogP contribution in [0.1, 0.15) is 41.5 Å². The van der Waals surface area contributed by atoms with E-state index in [1.165, 1.54) is 30.5 Å². The molecular weight excluding hydrogens is 432 g/mol. The number of rotatable bonds is 7. The number of carbonyl (C=O) groups is 1. The third kappa shape index (κ3) is 5.56. The van der Waals surface area contributed by atoms with E-state index in [1.807, 2.05) is 36.4 Å². The molecule has 2 aromatic rings. The lowest BCUT2D eigenvalue weighted by Crippen LogP contribution is -2.39. The molecule has 1 unspecified atom stereocenters. The summed E-state index contributed by atoms with van der Waals surface area (Å²) in [6.45, 7) is 3.69. The Labute approximate surface area is 197 Å². The average molecular weight is 465 g/mol. The van der Waals surface area contributed by atoms with E-state index in [0.717, 1.165) is 36.6 Å². The molecule has 3 aliphatic rings. The van der Waals surface area contributed by atoms with E-state index in [9.17, 15) is 13.2 Å². The van der Waals surface area contributed by atoms with Gasteiger partial charge in [0.05, 0.1) is 11.5 Å². The molecule has 0 aromatic heterocycles. The highest BCUT2D eigenvalue weighted by Crippen LogP contribution is 2.32. The SMILES string of the molecule is O=C(/C=C/c1cccc2c1CCN(CC1CC1)C2)N(Cc1ccccc1)C1CCS(=O)(=O)C1. The standard InChI is InChI=1S/C27H32N2O3S/c30-27(29(18-21-5-2-1-3-6-21)25-14-16-33(31,32)20-25)12-11-23-7-4-8-24-19-28(15-13-26(23)24)17-22-9-10-22/h1-8,11-12,22,25H,9-10,13-20H2/b12-11+. The van der Waals surface area contributed by atoms with E-state index >= 15 is 0 Å². The van der Waals surface area contributed by atoms with Gasteiger partial charge in [-0.1, -0.05) is 48.5 Å². The third-order valence-electron chi connectivity index (χ3n) is 7.13. The second-order valence-corrected chi connectivity index (χ2v) is 12.0. The van der Waals surface area contributed by atoms with Crippen LogP contribution in [-0.2, 0) is 34.1 Å². The number of carbonyl (C=O) groups excluding carboxylic acids is 1. The van der Waals surface area contributed by atoms with Crippen molar-refractivity contribution in [3.63, 3.8) is 0 Å². The van der Waals surface area contributed by atoms with E-state index < -0.39 is 9.84 Å². The molecule has 2 aliphatic heterocycles. The van der Waals surface area contributed by atoms with Crippen LogP contribution < -0.4 is 0 Å². The van der Waals surface area contributed by atoms with Gasteiger partial charge in [0.15, 0.2) is 9.84 Å². The minimum Gasteiger partial charge on any atom is -0.331 e. The quantitative estimate of drug-likeness (QED) is 0.587. The Kier molecular flexibility index (Phi) is 6.39. The van der Waals surface area contributed by atoms with Gasteiger partial charge >= 0.3 is 0 Å². The van der Waals surface area contributed by atoms with Crippen molar-refractivity contribution in [2.45, 2.75) is 44.8 Å². The van der Waals surface area contributed by atoms with Crippen LogP contribution >= 0.6 is 0 Å². The number of fused-ring (bicyclic) bond motifs is 1. The summed E-state index contributed by atoms with van der Waals surface area (Å²) in [5.74, 6) is 0.979. The minimum absolute atomic E-state index is 0.0526. The maximum atomic E-state index is 13.3.